The summed E-state index contributed by atoms with van der Waals surface area (Å²) in [6, 6.07) is -0.170. The van der Waals surface area contributed by atoms with E-state index in [2.05, 4.69) is 10.1 Å². The van der Waals surface area contributed by atoms with E-state index in [4.69, 9.17) is 4.74 Å². The molecule has 1 N–H and O–H groups in total. The van der Waals surface area contributed by atoms with Crippen LogP contribution >= 0.6 is 0 Å². The predicted molar refractivity (Wildman–Crippen MR) is 59.9 cm³/mol. The number of rotatable bonds is 6. The summed E-state index contributed by atoms with van der Waals surface area (Å²) in [5, 5.41) is 2.60. The highest BCUT2D eigenvalue weighted by Crippen LogP contribution is 2.02. The van der Waals surface area contributed by atoms with Gasteiger partial charge in [-0.15, -0.1) is 0 Å². The van der Waals surface area contributed by atoms with Crippen LogP contribution in [0.2, 0.25) is 0 Å². The van der Waals surface area contributed by atoms with Crippen molar-refractivity contribution in [2.24, 2.45) is 5.92 Å². The van der Waals surface area contributed by atoms with Gasteiger partial charge in [0.25, 0.3) is 0 Å². The SMILES string of the molecule is CCOCC(NC(=O)C(=O)OCC)C(C)C. The van der Waals surface area contributed by atoms with E-state index in [-0.39, 0.29) is 18.6 Å². The molecular formula is C11H21NO4. The lowest BCUT2D eigenvalue weighted by atomic mass is 10.1. The van der Waals surface area contributed by atoms with E-state index in [0.717, 1.165) is 0 Å². The van der Waals surface area contributed by atoms with Gasteiger partial charge in [-0.25, -0.2) is 4.79 Å². The highest BCUT2D eigenvalue weighted by atomic mass is 16.5. The first-order chi connectivity index (χ1) is 7.52. The van der Waals surface area contributed by atoms with Gasteiger partial charge in [0.15, 0.2) is 0 Å². The standard InChI is InChI=1S/C11H21NO4/c1-5-15-7-9(8(3)4)12-10(13)11(14)16-6-2/h8-9H,5-7H2,1-4H3,(H,12,13). The van der Waals surface area contributed by atoms with Crippen LogP contribution in [0.25, 0.3) is 0 Å². The Bertz CT molecular complexity index is 228. The lowest BCUT2D eigenvalue weighted by molar-refractivity contribution is -0.155. The molecule has 1 unspecified atom stereocenters. The maximum absolute atomic E-state index is 11.4. The minimum Gasteiger partial charge on any atom is -0.459 e. The molecule has 1 amide bonds. The molecule has 0 aliphatic carbocycles. The fraction of sp³-hybridized carbons (Fsp3) is 0.818. The van der Waals surface area contributed by atoms with Crippen LogP contribution in [-0.4, -0.2) is 37.7 Å². The molecule has 0 aromatic rings. The van der Waals surface area contributed by atoms with Gasteiger partial charge in [0.1, 0.15) is 0 Å². The maximum Gasteiger partial charge on any atom is 0.396 e. The van der Waals surface area contributed by atoms with E-state index in [1.54, 1.807) is 6.92 Å². The van der Waals surface area contributed by atoms with Crippen LogP contribution in [0.4, 0.5) is 0 Å². The van der Waals surface area contributed by atoms with Gasteiger partial charge in [-0.2, -0.15) is 0 Å². The van der Waals surface area contributed by atoms with Crippen molar-refractivity contribution in [3.63, 3.8) is 0 Å². The summed E-state index contributed by atoms with van der Waals surface area (Å²) < 4.78 is 9.83. The van der Waals surface area contributed by atoms with Crippen molar-refractivity contribution in [2.45, 2.75) is 33.7 Å². The van der Waals surface area contributed by atoms with Crippen molar-refractivity contribution in [1.82, 2.24) is 5.32 Å². The molecule has 5 heteroatoms. The molecule has 0 bridgehead atoms. The minimum atomic E-state index is -0.843. The Morgan fingerprint density at radius 1 is 1.19 bits per heavy atom. The molecule has 0 fully saturated rings. The molecule has 0 saturated heterocycles. The molecule has 0 saturated carbocycles. The molecule has 0 spiro atoms. The normalized spacial score (nSPS) is 12.3. The molecule has 16 heavy (non-hydrogen) atoms. The van der Waals surface area contributed by atoms with Crippen LogP contribution in [0.3, 0.4) is 0 Å². The van der Waals surface area contributed by atoms with Gasteiger partial charge in [0.2, 0.25) is 0 Å². The lowest BCUT2D eigenvalue weighted by Gasteiger charge is -2.21. The van der Waals surface area contributed by atoms with Crippen molar-refractivity contribution in [3.8, 4) is 0 Å². The number of carbonyl (C=O) groups is 2. The fourth-order valence-corrected chi connectivity index (χ4v) is 1.07. The Hall–Kier alpha value is -1.10. The maximum atomic E-state index is 11.4. The highest BCUT2D eigenvalue weighted by Gasteiger charge is 2.21. The van der Waals surface area contributed by atoms with E-state index >= 15 is 0 Å². The van der Waals surface area contributed by atoms with Gasteiger partial charge in [0.05, 0.1) is 19.3 Å². The van der Waals surface area contributed by atoms with Gasteiger partial charge in [-0.1, -0.05) is 13.8 Å². The molecule has 0 aromatic carbocycles. The van der Waals surface area contributed by atoms with Crippen LogP contribution in [0.1, 0.15) is 27.7 Å². The third kappa shape index (κ3) is 5.70. The van der Waals surface area contributed by atoms with Crippen LogP contribution in [0.5, 0.6) is 0 Å². The molecule has 94 valence electrons. The Morgan fingerprint density at radius 2 is 1.81 bits per heavy atom. The van der Waals surface area contributed by atoms with Crippen LogP contribution in [-0.2, 0) is 19.1 Å². The second-order valence-corrected chi connectivity index (χ2v) is 3.70. The summed E-state index contributed by atoms with van der Waals surface area (Å²) in [7, 11) is 0. The molecular weight excluding hydrogens is 210 g/mol. The van der Waals surface area contributed by atoms with Crippen LogP contribution < -0.4 is 5.32 Å². The second kappa shape index (κ2) is 8.10. The van der Waals surface area contributed by atoms with Crippen LogP contribution in [0, 0.1) is 5.92 Å². The Morgan fingerprint density at radius 3 is 2.25 bits per heavy atom. The minimum absolute atomic E-state index is 0.170. The van der Waals surface area contributed by atoms with Gasteiger partial charge in [0, 0.05) is 6.61 Å². The molecule has 5 nitrogen and oxygen atoms in total. The first-order valence-electron chi connectivity index (χ1n) is 5.58. The average molecular weight is 231 g/mol. The smallest absolute Gasteiger partial charge is 0.396 e. The van der Waals surface area contributed by atoms with Crippen molar-refractivity contribution in [1.29, 1.82) is 0 Å². The Balaban J connectivity index is 4.17. The van der Waals surface area contributed by atoms with Gasteiger partial charge >= 0.3 is 11.9 Å². The van der Waals surface area contributed by atoms with Crippen molar-refractivity contribution >= 4 is 11.9 Å². The third-order valence-corrected chi connectivity index (χ3v) is 2.08. The number of hydrogen-bond donors (Lipinski definition) is 1. The number of carbonyl (C=O) groups excluding carboxylic acids is 2. The summed E-state index contributed by atoms with van der Waals surface area (Å²) >= 11 is 0. The zero-order valence-electron chi connectivity index (χ0n) is 10.4. The van der Waals surface area contributed by atoms with E-state index in [1.165, 1.54) is 0 Å². The third-order valence-electron chi connectivity index (χ3n) is 2.08. The molecule has 0 radical (unpaired) electrons. The highest BCUT2D eigenvalue weighted by molar-refractivity contribution is 6.32. The summed E-state index contributed by atoms with van der Waals surface area (Å²) in [5.41, 5.74) is 0. The van der Waals surface area contributed by atoms with E-state index in [0.29, 0.717) is 13.2 Å². The van der Waals surface area contributed by atoms with Gasteiger partial charge < -0.3 is 14.8 Å². The Kier molecular flexibility index (Phi) is 7.54. The zero-order chi connectivity index (χ0) is 12.6. The summed E-state index contributed by atoms with van der Waals surface area (Å²) in [4.78, 5) is 22.5. The average Bonchev–Trinajstić information content (AvgIpc) is 2.23. The second-order valence-electron chi connectivity index (χ2n) is 3.70. The van der Waals surface area contributed by atoms with Gasteiger partial charge in [-0.3, -0.25) is 4.79 Å². The largest absolute Gasteiger partial charge is 0.459 e. The Labute approximate surface area is 96.5 Å². The quantitative estimate of drug-likeness (QED) is 0.540. The number of ether oxygens (including phenoxy) is 2. The number of nitrogens with one attached hydrogen (secondary N) is 1. The number of amides is 1. The molecule has 0 aliphatic heterocycles. The first-order valence-corrected chi connectivity index (χ1v) is 5.58. The van der Waals surface area contributed by atoms with Crippen molar-refractivity contribution in [3.05, 3.63) is 0 Å². The predicted octanol–water partition coefficient (Wildman–Crippen LogP) is 0.727. The molecule has 0 rings (SSSR count). The lowest BCUT2D eigenvalue weighted by Crippen LogP contribution is -2.45. The van der Waals surface area contributed by atoms with E-state index in [1.807, 2.05) is 20.8 Å². The topological polar surface area (TPSA) is 64.6 Å². The number of esters is 1. The molecule has 0 aliphatic rings. The summed E-state index contributed by atoms with van der Waals surface area (Å²) in [5.74, 6) is -1.35. The summed E-state index contributed by atoms with van der Waals surface area (Å²) in [6.07, 6.45) is 0. The number of hydrogen-bond acceptors (Lipinski definition) is 4. The van der Waals surface area contributed by atoms with E-state index in [9.17, 15) is 9.59 Å². The summed E-state index contributed by atoms with van der Waals surface area (Å²) in [6.45, 7) is 8.63. The van der Waals surface area contributed by atoms with Crippen molar-refractivity contribution < 1.29 is 19.1 Å². The zero-order valence-corrected chi connectivity index (χ0v) is 10.4. The van der Waals surface area contributed by atoms with Crippen molar-refractivity contribution in [2.75, 3.05) is 19.8 Å². The van der Waals surface area contributed by atoms with Crippen LogP contribution in [0.15, 0.2) is 0 Å². The molecule has 0 aromatic heterocycles. The monoisotopic (exact) mass is 231 g/mol. The first kappa shape index (κ1) is 14.9. The van der Waals surface area contributed by atoms with E-state index < -0.39 is 11.9 Å². The van der Waals surface area contributed by atoms with Gasteiger partial charge in [-0.05, 0) is 19.8 Å². The fourth-order valence-electron chi connectivity index (χ4n) is 1.07. The molecule has 0 heterocycles. The molecule has 1 atom stereocenters.